The fraction of sp³-hybridized carbons (Fsp3) is 0.188. The maximum Gasteiger partial charge on any atom is 0.323 e. The first kappa shape index (κ1) is 14.9. The lowest BCUT2D eigenvalue weighted by atomic mass is 10.1. The molecule has 1 atom stereocenters. The van der Waals surface area contributed by atoms with Crippen LogP contribution in [0.25, 0.3) is 0 Å². The molecular formula is C16H19N3O2. The molecule has 5 heteroatoms. The highest BCUT2D eigenvalue weighted by molar-refractivity contribution is 5.99. The van der Waals surface area contributed by atoms with Crippen molar-refractivity contribution in [3.05, 3.63) is 54.1 Å². The normalized spacial score (nSPS) is 11.6. The third-order valence-electron chi connectivity index (χ3n) is 3.02. The first-order valence-corrected chi connectivity index (χ1v) is 6.66. The zero-order valence-electron chi connectivity index (χ0n) is 12.1. The van der Waals surface area contributed by atoms with Crippen molar-refractivity contribution in [2.24, 2.45) is 5.73 Å². The second-order valence-corrected chi connectivity index (χ2v) is 4.72. The Labute approximate surface area is 124 Å². The minimum atomic E-state index is -0.304. The van der Waals surface area contributed by atoms with Gasteiger partial charge in [-0.3, -0.25) is 0 Å². The standard InChI is InChI=1S/C16H19N3O2/c1-11(17)12-4-3-5-14(10-12)19-16(20)18-13-6-8-15(21-2)9-7-13/h3-11H,17H2,1-2H3,(H2,18,19,20). The quantitative estimate of drug-likeness (QED) is 0.806. The summed E-state index contributed by atoms with van der Waals surface area (Å²) in [6.07, 6.45) is 0. The number of ether oxygens (including phenoxy) is 1. The highest BCUT2D eigenvalue weighted by atomic mass is 16.5. The topological polar surface area (TPSA) is 76.4 Å². The first-order chi connectivity index (χ1) is 10.1. The zero-order valence-corrected chi connectivity index (χ0v) is 12.1. The Morgan fingerprint density at radius 3 is 2.38 bits per heavy atom. The molecule has 0 aliphatic heterocycles. The summed E-state index contributed by atoms with van der Waals surface area (Å²) in [5, 5.41) is 5.53. The van der Waals surface area contributed by atoms with E-state index in [9.17, 15) is 4.79 Å². The molecule has 0 radical (unpaired) electrons. The number of carbonyl (C=O) groups excluding carboxylic acids is 1. The Bertz CT molecular complexity index is 609. The summed E-state index contributed by atoms with van der Waals surface area (Å²) in [6, 6.07) is 14.2. The molecule has 0 saturated heterocycles. The van der Waals surface area contributed by atoms with Gasteiger partial charge < -0.3 is 21.1 Å². The number of nitrogens with one attached hydrogen (secondary N) is 2. The molecule has 2 rings (SSSR count). The number of methoxy groups -OCH3 is 1. The average Bonchev–Trinajstić information content (AvgIpc) is 2.48. The number of hydrogen-bond donors (Lipinski definition) is 3. The molecule has 2 aromatic carbocycles. The Morgan fingerprint density at radius 1 is 1.10 bits per heavy atom. The van der Waals surface area contributed by atoms with Crippen molar-refractivity contribution < 1.29 is 9.53 Å². The molecule has 0 bridgehead atoms. The van der Waals surface area contributed by atoms with Gasteiger partial charge in [0.15, 0.2) is 0 Å². The Hall–Kier alpha value is -2.53. The van der Waals surface area contributed by atoms with Crippen molar-refractivity contribution in [3.8, 4) is 5.75 Å². The number of anilines is 2. The highest BCUT2D eigenvalue weighted by Crippen LogP contribution is 2.17. The van der Waals surface area contributed by atoms with Gasteiger partial charge in [0.25, 0.3) is 0 Å². The summed E-state index contributed by atoms with van der Waals surface area (Å²) in [6.45, 7) is 1.90. The van der Waals surface area contributed by atoms with Crippen LogP contribution in [0.3, 0.4) is 0 Å². The van der Waals surface area contributed by atoms with Crippen LogP contribution in [-0.4, -0.2) is 13.1 Å². The summed E-state index contributed by atoms with van der Waals surface area (Å²) in [7, 11) is 1.60. The van der Waals surface area contributed by atoms with E-state index in [1.165, 1.54) is 0 Å². The van der Waals surface area contributed by atoms with E-state index in [0.717, 1.165) is 11.3 Å². The van der Waals surface area contributed by atoms with E-state index >= 15 is 0 Å². The molecule has 0 aliphatic carbocycles. The van der Waals surface area contributed by atoms with Gasteiger partial charge in [-0.2, -0.15) is 0 Å². The van der Waals surface area contributed by atoms with E-state index in [4.69, 9.17) is 10.5 Å². The lowest BCUT2D eigenvalue weighted by Gasteiger charge is -2.11. The van der Waals surface area contributed by atoms with E-state index in [0.29, 0.717) is 11.4 Å². The third-order valence-corrected chi connectivity index (χ3v) is 3.02. The lowest BCUT2D eigenvalue weighted by molar-refractivity contribution is 0.262. The van der Waals surface area contributed by atoms with Crippen molar-refractivity contribution in [1.82, 2.24) is 0 Å². The molecule has 21 heavy (non-hydrogen) atoms. The molecule has 1 unspecified atom stereocenters. The lowest BCUT2D eigenvalue weighted by Crippen LogP contribution is -2.19. The maximum atomic E-state index is 11.9. The Morgan fingerprint density at radius 2 is 1.76 bits per heavy atom. The monoisotopic (exact) mass is 285 g/mol. The predicted molar refractivity (Wildman–Crippen MR) is 84.7 cm³/mol. The van der Waals surface area contributed by atoms with Crippen molar-refractivity contribution in [2.75, 3.05) is 17.7 Å². The summed E-state index contributed by atoms with van der Waals surface area (Å²) < 4.78 is 5.07. The third kappa shape index (κ3) is 4.22. The van der Waals surface area contributed by atoms with Gasteiger partial charge in [0.2, 0.25) is 0 Å². The molecule has 0 aromatic heterocycles. The van der Waals surface area contributed by atoms with Gasteiger partial charge in [-0.15, -0.1) is 0 Å². The van der Waals surface area contributed by atoms with Crippen molar-refractivity contribution in [3.63, 3.8) is 0 Å². The zero-order chi connectivity index (χ0) is 15.2. The SMILES string of the molecule is COc1ccc(NC(=O)Nc2cccc(C(C)N)c2)cc1. The van der Waals surface area contributed by atoms with Crippen LogP contribution in [-0.2, 0) is 0 Å². The Kier molecular flexibility index (Phi) is 4.79. The molecule has 0 saturated carbocycles. The van der Waals surface area contributed by atoms with Crippen LogP contribution in [0.1, 0.15) is 18.5 Å². The van der Waals surface area contributed by atoms with Crippen molar-refractivity contribution in [2.45, 2.75) is 13.0 Å². The van der Waals surface area contributed by atoms with Gasteiger partial charge in [0.1, 0.15) is 5.75 Å². The number of urea groups is 1. The molecule has 110 valence electrons. The van der Waals surface area contributed by atoms with Crippen LogP contribution in [0.4, 0.5) is 16.2 Å². The number of rotatable bonds is 4. The van der Waals surface area contributed by atoms with Crippen LogP contribution in [0.15, 0.2) is 48.5 Å². The molecule has 0 aliphatic rings. The predicted octanol–water partition coefficient (Wildman–Crippen LogP) is 3.36. The molecule has 5 nitrogen and oxygen atoms in total. The van der Waals surface area contributed by atoms with E-state index in [1.54, 1.807) is 31.4 Å². The van der Waals surface area contributed by atoms with Crippen molar-refractivity contribution in [1.29, 1.82) is 0 Å². The van der Waals surface area contributed by atoms with Crippen LogP contribution in [0.2, 0.25) is 0 Å². The number of benzene rings is 2. The summed E-state index contributed by atoms with van der Waals surface area (Å²) in [4.78, 5) is 11.9. The molecular weight excluding hydrogens is 266 g/mol. The summed E-state index contributed by atoms with van der Waals surface area (Å²) in [5.74, 6) is 0.741. The van der Waals surface area contributed by atoms with E-state index in [1.807, 2.05) is 31.2 Å². The van der Waals surface area contributed by atoms with Crippen LogP contribution in [0, 0.1) is 0 Å². The second-order valence-electron chi connectivity index (χ2n) is 4.72. The van der Waals surface area contributed by atoms with Gasteiger partial charge in [0.05, 0.1) is 7.11 Å². The van der Waals surface area contributed by atoms with Gasteiger partial charge >= 0.3 is 6.03 Å². The maximum absolute atomic E-state index is 11.9. The Balaban J connectivity index is 1.99. The summed E-state index contributed by atoms with van der Waals surface area (Å²) >= 11 is 0. The number of nitrogens with two attached hydrogens (primary N) is 1. The minimum absolute atomic E-state index is 0.0728. The second kappa shape index (κ2) is 6.76. The van der Waals surface area contributed by atoms with E-state index < -0.39 is 0 Å². The van der Waals surface area contributed by atoms with E-state index in [2.05, 4.69) is 10.6 Å². The molecule has 2 aromatic rings. The first-order valence-electron chi connectivity index (χ1n) is 6.66. The highest BCUT2D eigenvalue weighted by Gasteiger charge is 2.05. The molecule has 0 spiro atoms. The fourth-order valence-electron chi connectivity index (χ4n) is 1.87. The van der Waals surface area contributed by atoms with E-state index in [-0.39, 0.29) is 12.1 Å². The van der Waals surface area contributed by atoms with Crippen LogP contribution < -0.4 is 21.1 Å². The van der Waals surface area contributed by atoms with Crippen LogP contribution in [0.5, 0.6) is 5.75 Å². The fourth-order valence-corrected chi connectivity index (χ4v) is 1.87. The minimum Gasteiger partial charge on any atom is -0.497 e. The van der Waals surface area contributed by atoms with Gasteiger partial charge in [-0.1, -0.05) is 12.1 Å². The molecule has 2 amide bonds. The van der Waals surface area contributed by atoms with Gasteiger partial charge in [-0.25, -0.2) is 4.79 Å². The van der Waals surface area contributed by atoms with Crippen LogP contribution >= 0.6 is 0 Å². The largest absolute Gasteiger partial charge is 0.497 e. The van der Waals surface area contributed by atoms with Crippen molar-refractivity contribution >= 4 is 17.4 Å². The number of hydrogen-bond acceptors (Lipinski definition) is 3. The number of amides is 2. The molecule has 4 N–H and O–H groups in total. The van der Waals surface area contributed by atoms with Gasteiger partial charge in [0, 0.05) is 17.4 Å². The average molecular weight is 285 g/mol. The molecule has 0 fully saturated rings. The summed E-state index contributed by atoms with van der Waals surface area (Å²) in [5.41, 5.74) is 8.19. The van der Waals surface area contributed by atoms with Gasteiger partial charge in [-0.05, 0) is 48.9 Å². The molecule has 0 heterocycles. The smallest absolute Gasteiger partial charge is 0.323 e. The number of carbonyl (C=O) groups is 1.